The summed E-state index contributed by atoms with van der Waals surface area (Å²) in [4.78, 5) is 28.3. The summed E-state index contributed by atoms with van der Waals surface area (Å²) in [5, 5.41) is 27.5. The molecule has 1 aliphatic carbocycles. The molecule has 0 aromatic heterocycles. The van der Waals surface area contributed by atoms with E-state index in [0.717, 1.165) is 18.4 Å². The fraction of sp³-hybridized carbons (Fsp3) is 0.571. The van der Waals surface area contributed by atoms with Crippen LogP contribution < -0.4 is 0 Å². The van der Waals surface area contributed by atoms with Crippen LogP contribution in [0.3, 0.4) is 0 Å². The number of hydrogen-bond donors (Lipinski definition) is 4. The Kier molecular flexibility index (Phi) is 8.79. The van der Waals surface area contributed by atoms with Crippen molar-refractivity contribution >= 4 is 13.5 Å². The number of hydroxylamine groups is 1. The molecule has 4 N–H and O–H groups in total. The van der Waals surface area contributed by atoms with Crippen molar-refractivity contribution in [1.29, 1.82) is 0 Å². The summed E-state index contributed by atoms with van der Waals surface area (Å²) in [6, 6.07) is 9.53. The monoisotopic (exact) mass is 441 g/mol. The first-order valence-electron chi connectivity index (χ1n) is 10.2. The van der Waals surface area contributed by atoms with Crippen LogP contribution in [0.5, 0.6) is 0 Å². The Hall–Kier alpha value is -1.54. The maximum absolute atomic E-state index is 13.2. The van der Waals surface area contributed by atoms with Crippen LogP contribution in [0.1, 0.15) is 50.5 Å². The van der Waals surface area contributed by atoms with Crippen LogP contribution in [0.2, 0.25) is 0 Å². The quantitative estimate of drug-likeness (QED) is 0.169. The topological polar surface area (TPSA) is 128 Å². The molecule has 9 heteroatoms. The highest BCUT2D eigenvalue weighted by molar-refractivity contribution is 7.55. The number of rotatable bonds is 12. The fourth-order valence-corrected chi connectivity index (χ4v) is 5.91. The predicted molar refractivity (Wildman–Crippen MR) is 113 cm³/mol. The van der Waals surface area contributed by atoms with Crippen LogP contribution in [0, 0.1) is 0 Å². The van der Waals surface area contributed by atoms with Crippen LogP contribution in [0.15, 0.2) is 42.5 Å². The molecule has 0 bridgehead atoms. The molecule has 1 fully saturated rings. The van der Waals surface area contributed by atoms with Crippen molar-refractivity contribution in [2.24, 2.45) is 0 Å². The summed E-state index contributed by atoms with van der Waals surface area (Å²) in [7, 11) is -2.35. The van der Waals surface area contributed by atoms with Gasteiger partial charge in [-0.25, -0.2) is 4.79 Å². The van der Waals surface area contributed by atoms with Gasteiger partial charge in [-0.2, -0.15) is 0 Å². The van der Waals surface area contributed by atoms with Crippen LogP contribution in [0.4, 0.5) is 0 Å². The maximum atomic E-state index is 13.2. The van der Waals surface area contributed by atoms with Crippen LogP contribution >= 0.6 is 7.52 Å². The Morgan fingerprint density at radius 2 is 1.87 bits per heavy atom. The van der Waals surface area contributed by atoms with Gasteiger partial charge in [0.25, 0.3) is 13.3 Å². The first kappa shape index (κ1) is 24.7. The van der Waals surface area contributed by atoms with E-state index in [1.54, 1.807) is 12.2 Å². The van der Waals surface area contributed by atoms with E-state index in [2.05, 4.69) is 0 Å². The lowest BCUT2D eigenvalue weighted by atomic mass is 9.94. The molecule has 0 heterocycles. The second-order valence-electron chi connectivity index (χ2n) is 7.85. The van der Waals surface area contributed by atoms with Gasteiger partial charge in [0.1, 0.15) is 0 Å². The number of allylic oxidation sites excluding steroid dienone is 1. The van der Waals surface area contributed by atoms with E-state index in [-0.39, 0.29) is 19.0 Å². The largest absolute Gasteiger partial charge is 0.477 e. The highest BCUT2D eigenvalue weighted by Crippen LogP contribution is 2.55. The van der Waals surface area contributed by atoms with Gasteiger partial charge in [0.05, 0.1) is 12.6 Å². The van der Waals surface area contributed by atoms with Crippen LogP contribution in [-0.4, -0.2) is 55.6 Å². The third-order valence-corrected chi connectivity index (χ3v) is 7.56. The minimum atomic E-state index is -3.76. The third kappa shape index (κ3) is 6.48. The summed E-state index contributed by atoms with van der Waals surface area (Å²) >= 11 is 0. The Balaban J connectivity index is 2.04. The second kappa shape index (κ2) is 10.7. The lowest BCUT2D eigenvalue weighted by Crippen LogP contribution is -2.44. The zero-order valence-corrected chi connectivity index (χ0v) is 18.2. The molecular weight excluding hydrogens is 409 g/mol. The number of aliphatic carboxylic acids is 1. The lowest BCUT2D eigenvalue weighted by Gasteiger charge is -2.40. The molecule has 1 saturated carbocycles. The van der Waals surface area contributed by atoms with Crippen molar-refractivity contribution in [3.8, 4) is 0 Å². The average Bonchev–Trinajstić information content (AvgIpc) is 3.16. The van der Waals surface area contributed by atoms with E-state index in [9.17, 15) is 24.5 Å². The van der Waals surface area contributed by atoms with Gasteiger partial charge in [0, 0.05) is 12.6 Å². The molecule has 168 valence electrons. The Morgan fingerprint density at radius 3 is 2.43 bits per heavy atom. The van der Waals surface area contributed by atoms with Gasteiger partial charge in [0.15, 0.2) is 0 Å². The number of carboxylic acids is 1. The zero-order valence-electron chi connectivity index (χ0n) is 17.3. The number of hydrogen-bond acceptors (Lipinski definition) is 5. The van der Waals surface area contributed by atoms with Gasteiger partial charge in [-0.3, -0.25) is 9.40 Å². The van der Waals surface area contributed by atoms with Gasteiger partial charge in [0.2, 0.25) is 0 Å². The summed E-state index contributed by atoms with van der Waals surface area (Å²) in [5.41, 5.74) is 0.368. The number of nitrogens with zero attached hydrogens (tertiary/aromatic N) is 1. The molecule has 1 aliphatic rings. The molecule has 0 amide bonds. The zero-order chi connectivity index (χ0) is 22.3. The van der Waals surface area contributed by atoms with E-state index >= 15 is 0 Å². The molecule has 1 unspecified atom stereocenters. The molecule has 1 atom stereocenters. The second-order valence-corrected chi connectivity index (χ2v) is 9.99. The van der Waals surface area contributed by atoms with E-state index in [1.807, 2.05) is 30.3 Å². The number of benzene rings is 1. The van der Waals surface area contributed by atoms with E-state index in [0.29, 0.717) is 25.7 Å². The van der Waals surface area contributed by atoms with Gasteiger partial charge in [-0.15, -0.1) is 4.83 Å². The smallest absolute Gasteiger partial charge is 0.364 e. The summed E-state index contributed by atoms with van der Waals surface area (Å²) < 4.78 is 13.2. The summed E-state index contributed by atoms with van der Waals surface area (Å²) in [6.45, 7) is 0. The van der Waals surface area contributed by atoms with E-state index in [4.69, 9.17) is 9.94 Å². The first-order valence-corrected chi connectivity index (χ1v) is 12.0. The average molecular weight is 441 g/mol. The van der Waals surface area contributed by atoms with Crippen LogP contribution in [0.25, 0.3) is 0 Å². The van der Waals surface area contributed by atoms with Gasteiger partial charge in [-0.05, 0) is 37.7 Å². The van der Waals surface area contributed by atoms with Gasteiger partial charge < -0.3 is 20.2 Å². The SMILES string of the molecule is CON(C1(C/C=C\CCC(O)(O)C(=O)O)CCCC1)P(=O)(O)CCc1ccccc1. The minimum Gasteiger partial charge on any atom is -0.477 e. The molecule has 8 nitrogen and oxygen atoms in total. The molecule has 0 saturated heterocycles. The molecule has 0 radical (unpaired) electrons. The Bertz CT molecular complexity index is 760. The molecule has 1 aromatic carbocycles. The maximum Gasteiger partial charge on any atom is 0.364 e. The Labute approximate surface area is 177 Å². The van der Waals surface area contributed by atoms with Crippen molar-refractivity contribution in [1.82, 2.24) is 4.83 Å². The number of carbonyl (C=O) groups is 1. The van der Waals surface area contributed by atoms with Gasteiger partial charge >= 0.3 is 5.97 Å². The number of aliphatic hydroxyl groups is 2. The van der Waals surface area contributed by atoms with Crippen molar-refractivity contribution in [2.75, 3.05) is 13.3 Å². The molecule has 0 aliphatic heterocycles. The van der Waals surface area contributed by atoms with Gasteiger partial charge in [-0.1, -0.05) is 55.3 Å². The third-order valence-electron chi connectivity index (χ3n) is 5.60. The lowest BCUT2D eigenvalue weighted by molar-refractivity contribution is -0.205. The fourth-order valence-electron chi connectivity index (χ4n) is 3.98. The standard InChI is InChI=1S/C21H32NO7P/c1-29-22(30(27,28)17-12-18-10-4-2-5-11-18)20(14-8-9-15-20)13-6-3-7-16-21(25,26)19(23)24/h2-6,10-11,25-26H,7-9,12-17H2,1H3,(H,23,24)(H,27,28)/b6-3-. The van der Waals surface area contributed by atoms with E-state index < -0.39 is 24.8 Å². The predicted octanol–water partition coefficient (Wildman–Crippen LogP) is 3.08. The molecule has 1 aromatic rings. The Morgan fingerprint density at radius 1 is 1.23 bits per heavy atom. The minimum absolute atomic E-state index is 0.0759. The number of aryl methyl sites for hydroxylation is 1. The number of carboxylic acid groups (broad SMARTS) is 1. The molecule has 30 heavy (non-hydrogen) atoms. The van der Waals surface area contributed by atoms with Crippen molar-refractivity contribution in [3.63, 3.8) is 0 Å². The molecule has 0 spiro atoms. The van der Waals surface area contributed by atoms with E-state index in [1.165, 1.54) is 11.9 Å². The molecule has 2 rings (SSSR count). The van der Waals surface area contributed by atoms with Crippen molar-refractivity contribution in [3.05, 3.63) is 48.0 Å². The first-order chi connectivity index (χ1) is 14.1. The molecular formula is C21H32NO7P. The summed E-state index contributed by atoms with van der Waals surface area (Å²) in [5.74, 6) is -4.44. The highest BCUT2D eigenvalue weighted by Gasteiger charge is 2.47. The van der Waals surface area contributed by atoms with Crippen molar-refractivity contribution in [2.45, 2.75) is 62.7 Å². The normalized spacial score (nSPS) is 18.7. The highest BCUT2D eigenvalue weighted by atomic mass is 31.2. The summed E-state index contributed by atoms with van der Waals surface area (Å²) in [6.07, 6.45) is 7.54. The van der Waals surface area contributed by atoms with Crippen molar-refractivity contribution < 1.29 is 34.4 Å². The van der Waals surface area contributed by atoms with Crippen LogP contribution in [-0.2, 0) is 20.6 Å².